The average Bonchev–Trinajstić information content (AvgIpc) is 2.90. The molecule has 0 aromatic rings. The number of rotatable bonds is 29. The van der Waals surface area contributed by atoms with Crippen LogP contribution in [-0.4, -0.2) is 99.6 Å². The second-order valence-corrected chi connectivity index (χ2v) is 11.0. The zero-order valence-corrected chi connectivity index (χ0v) is 26.4. The molecule has 234 valence electrons. The van der Waals surface area contributed by atoms with Gasteiger partial charge in [-0.25, -0.2) is 0 Å². The topological polar surface area (TPSA) is 120 Å². The third-order valence-electron chi connectivity index (χ3n) is 5.76. The van der Waals surface area contributed by atoms with Crippen molar-refractivity contribution in [2.24, 2.45) is 5.41 Å². The fourth-order valence-electron chi connectivity index (χ4n) is 3.67. The van der Waals surface area contributed by atoms with E-state index in [4.69, 9.17) is 60.6 Å². The van der Waals surface area contributed by atoms with E-state index < -0.39 is 5.41 Å². The summed E-state index contributed by atoms with van der Waals surface area (Å²) in [5, 5.41) is 5.56. The van der Waals surface area contributed by atoms with Crippen molar-refractivity contribution in [2.45, 2.75) is 64.2 Å². The Morgan fingerprint density at radius 2 is 0.950 bits per heavy atom. The van der Waals surface area contributed by atoms with Crippen molar-refractivity contribution in [3.8, 4) is 0 Å². The molecule has 40 heavy (non-hydrogen) atoms. The molecule has 0 saturated carbocycles. The number of alkyl halides is 4. The molecule has 0 aliphatic rings. The number of hydrogen-bond acceptors (Lipinski definition) is 7. The first-order chi connectivity index (χ1) is 19.3. The molecule has 0 atom stereocenters. The van der Waals surface area contributed by atoms with Crippen LogP contribution in [0.15, 0.2) is 0 Å². The van der Waals surface area contributed by atoms with Crippen LogP contribution < -0.4 is 10.6 Å². The summed E-state index contributed by atoms with van der Waals surface area (Å²) < 4.78 is 17.9. The van der Waals surface area contributed by atoms with Crippen molar-refractivity contribution >= 4 is 69.8 Å². The van der Waals surface area contributed by atoms with Gasteiger partial charge in [0.15, 0.2) is 0 Å². The fourth-order valence-corrected chi connectivity index (χ4v) is 4.43. The molecule has 9 nitrogen and oxygen atoms in total. The van der Waals surface area contributed by atoms with Crippen molar-refractivity contribution in [3.05, 3.63) is 0 Å². The van der Waals surface area contributed by atoms with E-state index in [1.807, 2.05) is 0 Å². The van der Waals surface area contributed by atoms with Crippen molar-refractivity contribution in [1.82, 2.24) is 10.6 Å². The highest BCUT2D eigenvalue weighted by Gasteiger charge is 2.34. The number of Topliss-reactive ketones (excluding diaryl/α,β-unsaturated/α-hetero) is 2. The molecule has 0 aliphatic carbocycles. The summed E-state index contributed by atoms with van der Waals surface area (Å²) in [6.07, 6.45) is 4.36. The molecule has 0 aromatic carbocycles. The number of halogens is 4. The molecule has 0 bridgehead atoms. The Morgan fingerprint density at radius 1 is 0.525 bits per heavy atom. The van der Waals surface area contributed by atoms with Gasteiger partial charge in [0.05, 0.1) is 19.8 Å². The second-order valence-electron chi connectivity index (χ2n) is 9.53. The van der Waals surface area contributed by atoms with Gasteiger partial charge in [-0.15, -0.1) is 46.4 Å². The number of hydrogen-bond donors (Lipinski definition) is 2. The molecule has 2 N–H and O–H groups in total. The van der Waals surface area contributed by atoms with Crippen LogP contribution >= 0.6 is 46.4 Å². The SMILES string of the molecule is O=C(CCCl)CCCCOCC(COCCCNC(=O)CCCl)(COCCCNC(=O)CCCl)CC(=O)CCCl. The van der Waals surface area contributed by atoms with Crippen LogP contribution in [0.25, 0.3) is 0 Å². The van der Waals surface area contributed by atoms with Crippen LogP contribution in [0.2, 0.25) is 0 Å². The average molecular weight is 652 g/mol. The van der Waals surface area contributed by atoms with E-state index in [0.717, 1.165) is 0 Å². The number of carbonyl (C=O) groups is 4. The van der Waals surface area contributed by atoms with Gasteiger partial charge in [0, 0.05) is 100 Å². The molecule has 2 amide bonds. The quantitative estimate of drug-likeness (QED) is 0.0917. The predicted molar refractivity (Wildman–Crippen MR) is 160 cm³/mol. The first-order valence-corrected chi connectivity index (χ1v) is 16.0. The van der Waals surface area contributed by atoms with Gasteiger partial charge in [0.25, 0.3) is 0 Å². The van der Waals surface area contributed by atoms with Gasteiger partial charge in [-0.3, -0.25) is 19.2 Å². The van der Waals surface area contributed by atoms with Crippen molar-refractivity contribution in [2.75, 3.05) is 76.3 Å². The van der Waals surface area contributed by atoms with Gasteiger partial charge in [-0.2, -0.15) is 0 Å². The highest BCUT2D eigenvalue weighted by atomic mass is 35.5. The molecular formula is C27H46Cl4N2O7. The standard InChI is InChI=1S/C27H46Cl4N2O7/c28-10-6-23(34)5-1-2-16-38-20-27(19-24(35)7-11-29,21-39-17-3-14-32-25(36)8-12-30)22-40-18-4-15-33-26(37)9-13-31/h1-22H2,(H,32,36)(H,33,37). The maximum atomic E-state index is 12.7. The largest absolute Gasteiger partial charge is 0.381 e. The third-order valence-corrected chi connectivity index (χ3v) is 6.51. The van der Waals surface area contributed by atoms with Crippen molar-refractivity contribution in [3.63, 3.8) is 0 Å². The number of nitrogens with one attached hydrogen (secondary N) is 2. The molecule has 0 rings (SSSR count). The van der Waals surface area contributed by atoms with Gasteiger partial charge in [0.1, 0.15) is 11.6 Å². The Balaban J connectivity index is 4.99. The maximum Gasteiger partial charge on any atom is 0.221 e. The summed E-state index contributed by atoms with van der Waals surface area (Å²) in [4.78, 5) is 47.5. The summed E-state index contributed by atoms with van der Waals surface area (Å²) in [7, 11) is 0. The Hall–Kier alpha value is -0.680. The molecule has 0 spiro atoms. The molecule has 13 heteroatoms. The molecule has 0 aliphatic heterocycles. The lowest BCUT2D eigenvalue weighted by molar-refractivity contribution is -0.129. The van der Waals surface area contributed by atoms with E-state index in [2.05, 4.69) is 10.6 Å². The Kier molecular flexibility index (Phi) is 26.7. The van der Waals surface area contributed by atoms with Gasteiger partial charge >= 0.3 is 0 Å². The zero-order chi connectivity index (χ0) is 29.9. The van der Waals surface area contributed by atoms with Gasteiger partial charge in [-0.1, -0.05) is 0 Å². The smallest absolute Gasteiger partial charge is 0.221 e. The third kappa shape index (κ3) is 22.9. The molecular weight excluding hydrogens is 606 g/mol. The zero-order valence-electron chi connectivity index (χ0n) is 23.4. The van der Waals surface area contributed by atoms with Crippen LogP contribution in [0.4, 0.5) is 0 Å². The van der Waals surface area contributed by atoms with Crippen LogP contribution in [-0.2, 0) is 33.4 Å². The highest BCUT2D eigenvalue weighted by molar-refractivity contribution is 6.19. The number of amides is 2. The minimum Gasteiger partial charge on any atom is -0.381 e. The minimum atomic E-state index is -0.735. The molecule has 0 heterocycles. The van der Waals surface area contributed by atoms with Gasteiger partial charge in [-0.05, 0) is 25.7 Å². The second kappa shape index (κ2) is 27.2. The van der Waals surface area contributed by atoms with Gasteiger partial charge in [0.2, 0.25) is 11.8 Å². The van der Waals surface area contributed by atoms with E-state index in [1.165, 1.54) is 0 Å². The lowest BCUT2D eigenvalue weighted by Crippen LogP contribution is -2.40. The first kappa shape index (κ1) is 39.3. The highest BCUT2D eigenvalue weighted by Crippen LogP contribution is 2.26. The molecule has 0 aromatic heterocycles. The Labute approximate surface area is 259 Å². The summed E-state index contributed by atoms with van der Waals surface area (Å²) >= 11 is 22.6. The van der Waals surface area contributed by atoms with E-state index in [9.17, 15) is 19.2 Å². The normalized spacial score (nSPS) is 11.4. The van der Waals surface area contributed by atoms with E-state index >= 15 is 0 Å². The maximum absolute atomic E-state index is 12.7. The number of ketones is 2. The molecule has 0 radical (unpaired) electrons. The molecule has 0 fully saturated rings. The fraction of sp³-hybridized carbons (Fsp3) is 0.852. The van der Waals surface area contributed by atoms with Crippen LogP contribution in [0.5, 0.6) is 0 Å². The lowest BCUT2D eigenvalue weighted by atomic mass is 9.84. The Bertz CT molecular complexity index is 628. The van der Waals surface area contributed by atoms with Crippen molar-refractivity contribution in [1.29, 1.82) is 0 Å². The summed E-state index contributed by atoms with van der Waals surface area (Å²) in [6.45, 7) is 2.77. The van der Waals surface area contributed by atoms with Crippen molar-refractivity contribution < 1.29 is 33.4 Å². The number of unbranched alkanes of at least 4 members (excludes halogenated alkanes) is 1. The first-order valence-electron chi connectivity index (χ1n) is 13.9. The van der Waals surface area contributed by atoms with E-state index in [0.29, 0.717) is 77.3 Å². The van der Waals surface area contributed by atoms with Crippen LogP contribution in [0, 0.1) is 5.41 Å². The number of ether oxygens (including phenoxy) is 3. The molecule has 0 saturated heterocycles. The minimum absolute atomic E-state index is 0.0147. The molecule has 0 unspecified atom stereocenters. The van der Waals surface area contributed by atoms with E-state index in [1.54, 1.807) is 0 Å². The van der Waals surface area contributed by atoms with Crippen LogP contribution in [0.3, 0.4) is 0 Å². The van der Waals surface area contributed by atoms with E-state index in [-0.39, 0.29) is 86.5 Å². The summed E-state index contributed by atoms with van der Waals surface area (Å²) in [6, 6.07) is 0. The lowest BCUT2D eigenvalue weighted by Gasteiger charge is -2.33. The summed E-state index contributed by atoms with van der Waals surface area (Å²) in [5.74, 6) is 0.984. The summed E-state index contributed by atoms with van der Waals surface area (Å²) in [5.41, 5.74) is -0.735. The predicted octanol–water partition coefficient (Wildman–Crippen LogP) is 4.25. The van der Waals surface area contributed by atoms with Crippen LogP contribution in [0.1, 0.15) is 64.2 Å². The monoisotopic (exact) mass is 650 g/mol. The number of carbonyl (C=O) groups excluding carboxylic acids is 4. The van der Waals surface area contributed by atoms with Gasteiger partial charge < -0.3 is 24.8 Å². The Morgan fingerprint density at radius 3 is 1.40 bits per heavy atom.